The maximum atomic E-state index is 11.4. The number of nitro groups is 2. The molecule has 1 aromatic heterocycles. The van der Waals surface area contributed by atoms with E-state index in [1.54, 1.807) is 6.92 Å². The number of non-ortho nitro benzene ring substituents is 1. The first kappa shape index (κ1) is 23.3. The van der Waals surface area contributed by atoms with Gasteiger partial charge in [0.2, 0.25) is 0 Å². The van der Waals surface area contributed by atoms with E-state index in [2.05, 4.69) is 20.8 Å². The average Bonchev–Trinajstić information content (AvgIpc) is 3.37. The van der Waals surface area contributed by atoms with Crippen molar-refractivity contribution in [3.05, 3.63) is 80.1 Å². The number of rotatable bonds is 7. The van der Waals surface area contributed by atoms with E-state index in [-0.39, 0.29) is 16.8 Å². The van der Waals surface area contributed by atoms with Gasteiger partial charge in [-0.25, -0.2) is 4.68 Å². The third kappa shape index (κ3) is 4.13. The largest absolute Gasteiger partial charge is 0.301 e. The lowest BCUT2D eigenvalue weighted by molar-refractivity contribution is -0.393. The topological polar surface area (TPSA) is 141 Å². The summed E-state index contributed by atoms with van der Waals surface area (Å²) in [5.41, 5.74) is 5.78. The van der Waals surface area contributed by atoms with Crippen LogP contribution in [-0.4, -0.2) is 30.6 Å². The fourth-order valence-corrected chi connectivity index (χ4v) is 7.14. The lowest BCUT2D eigenvalue weighted by Crippen LogP contribution is -2.49. The number of benzene rings is 2. The van der Waals surface area contributed by atoms with Gasteiger partial charge in [-0.3, -0.25) is 25.7 Å². The molecule has 0 amide bonds. The molecule has 0 saturated heterocycles. The van der Waals surface area contributed by atoms with Gasteiger partial charge in [0.05, 0.1) is 39.2 Å². The van der Waals surface area contributed by atoms with Gasteiger partial charge in [0.25, 0.3) is 5.69 Å². The summed E-state index contributed by atoms with van der Waals surface area (Å²) in [6.07, 6.45) is 9.79. The minimum absolute atomic E-state index is 0.0781. The van der Waals surface area contributed by atoms with E-state index in [0.29, 0.717) is 5.71 Å². The number of aromatic nitrogens is 3. The van der Waals surface area contributed by atoms with E-state index < -0.39 is 15.5 Å². The fourth-order valence-electron chi connectivity index (χ4n) is 7.14. The molecule has 4 fully saturated rings. The van der Waals surface area contributed by atoms with Gasteiger partial charge >= 0.3 is 5.69 Å². The van der Waals surface area contributed by atoms with E-state index in [1.165, 1.54) is 56.4 Å². The van der Waals surface area contributed by atoms with Crippen molar-refractivity contribution in [1.29, 1.82) is 0 Å². The van der Waals surface area contributed by atoms with Gasteiger partial charge in [-0.05, 0) is 87.0 Å². The van der Waals surface area contributed by atoms with Gasteiger partial charge in [0.15, 0.2) is 0 Å². The molecule has 37 heavy (non-hydrogen) atoms. The lowest BCUT2D eigenvalue weighted by atomic mass is 9.49. The Morgan fingerprint density at radius 1 is 1.00 bits per heavy atom. The molecule has 0 atom stereocenters. The highest BCUT2D eigenvalue weighted by Gasteiger charge is 2.53. The second-order valence-electron chi connectivity index (χ2n) is 10.8. The standard InChI is InChI=1S/C26H27N7O4/c1-16(28-29-23-7-6-22(32(34)35)11-24(23)33(36)37)20-2-4-21(5-3-20)31-25(15-27-30-31)26-12-17-8-18(13-26)10-19(9-17)14-26/h2-7,11,15,17-19,29H,8-10,12-14H2,1H3/b28-16+. The van der Waals surface area contributed by atoms with Crippen LogP contribution in [0.3, 0.4) is 0 Å². The van der Waals surface area contributed by atoms with Gasteiger partial charge < -0.3 is 0 Å². The molecule has 4 aliphatic rings. The predicted molar refractivity (Wildman–Crippen MR) is 137 cm³/mol. The van der Waals surface area contributed by atoms with Gasteiger partial charge in [-0.1, -0.05) is 17.3 Å². The van der Waals surface area contributed by atoms with Crippen LogP contribution in [0.5, 0.6) is 0 Å². The second kappa shape index (κ2) is 8.75. The van der Waals surface area contributed by atoms with E-state index in [9.17, 15) is 20.2 Å². The fraction of sp³-hybridized carbons (Fsp3) is 0.423. The number of hydrogen-bond donors (Lipinski definition) is 1. The first-order valence-electron chi connectivity index (χ1n) is 12.6. The van der Waals surface area contributed by atoms with Crippen molar-refractivity contribution in [3.63, 3.8) is 0 Å². The zero-order valence-electron chi connectivity index (χ0n) is 20.4. The molecule has 0 spiro atoms. The molecule has 0 unspecified atom stereocenters. The highest BCUT2D eigenvalue weighted by atomic mass is 16.6. The quantitative estimate of drug-likeness (QED) is 0.260. The number of hydrazone groups is 1. The number of nitrogens with zero attached hydrogens (tertiary/aromatic N) is 6. The Hall–Kier alpha value is -4.15. The highest BCUT2D eigenvalue weighted by Crippen LogP contribution is 2.60. The maximum absolute atomic E-state index is 11.4. The first-order chi connectivity index (χ1) is 17.8. The monoisotopic (exact) mass is 501 g/mol. The Morgan fingerprint density at radius 2 is 1.65 bits per heavy atom. The normalized spacial score (nSPS) is 26.3. The number of anilines is 1. The summed E-state index contributed by atoms with van der Waals surface area (Å²) in [5.74, 6) is 2.49. The van der Waals surface area contributed by atoms with Crippen LogP contribution >= 0.6 is 0 Å². The van der Waals surface area contributed by atoms with Crippen molar-refractivity contribution in [2.24, 2.45) is 22.9 Å². The Kier molecular flexibility index (Phi) is 5.50. The van der Waals surface area contributed by atoms with E-state index in [1.807, 2.05) is 35.1 Å². The average molecular weight is 502 g/mol. The summed E-state index contributed by atoms with van der Waals surface area (Å²) in [4.78, 5) is 21.0. The van der Waals surface area contributed by atoms with E-state index in [0.717, 1.165) is 35.1 Å². The van der Waals surface area contributed by atoms with Crippen LogP contribution in [0.15, 0.2) is 53.8 Å². The van der Waals surface area contributed by atoms with Gasteiger partial charge in [-0.15, -0.1) is 5.10 Å². The van der Waals surface area contributed by atoms with Crippen LogP contribution in [0.1, 0.15) is 56.7 Å². The third-order valence-electron chi connectivity index (χ3n) is 8.39. The zero-order chi connectivity index (χ0) is 25.7. The molecule has 4 saturated carbocycles. The van der Waals surface area contributed by atoms with Crippen LogP contribution in [0.2, 0.25) is 0 Å². The van der Waals surface area contributed by atoms with Crippen molar-refractivity contribution in [3.8, 4) is 5.69 Å². The van der Waals surface area contributed by atoms with E-state index >= 15 is 0 Å². The molecule has 11 nitrogen and oxygen atoms in total. The Bertz CT molecular complexity index is 1380. The van der Waals surface area contributed by atoms with Gasteiger partial charge in [0, 0.05) is 11.5 Å². The first-order valence-corrected chi connectivity index (χ1v) is 12.6. The minimum Gasteiger partial charge on any atom is -0.271 e. The molecule has 4 bridgehead atoms. The molecule has 2 aromatic carbocycles. The van der Waals surface area contributed by atoms with Crippen molar-refractivity contribution in [2.75, 3.05) is 5.43 Å². The molecule has 11 heteroatoms. The Labute approximate surface area is 212 Å². The van der Waals surface area contributed by atoms with Crippen LogP contribution in [-0.2, 0) is 5.41 Å². The zero-order valence-corrected chi connectivity index (χ0v) is 20.4. The molecule has 0 aliphatic heterocycles. The number of nitrogens with one attached hydrogen (secondary N) is 1. The van der Waals surface area contributed by atoms with Crippen molar-refractivity contribution >= 4 is 22.8 Å². The van der Waals surface area contributed by atoms with E-state index in [4.69, 9.17) is 0 Å². The summed E-state index contributed by atoms with van der Waals surface area (Å²) < 4.78 is 1.99. The Balaban J connectivity index is 1.22. The molecule has 0 radical (unpaired) electrons. The van der Waals surface area contributed by atoms with Crippen LogP contribution in [0, 0.1) is 38.0 Å². The van der Waals surface area contributed by atoms with Gasteiger partial charge in [0.1, 0.15) is 5.69 Å². The van der Waals surface area contributed by atoms with Gasteiger partial charge in [-0.2, -0.15) is 5.10 Å². The van der Waals surface area contributed by atoms with Crippen molar-refractivity contribution in [2.45, 2.75) is 50.9 Å². The summed E-state index contributed by atoms with van der Waals surface area (Å²) in [7, 11) is 0. The second-order valence-corrected chi connectivity index (χ2v) is 10.8. The summed E-state index contributed by atoms with van der Waals surface area (Å²) >= 11 is 0. The molecular formula is C26H27N7O4. The molecule has 1 heterocycles. The number of nitro benzene ring substituents is 2. The SMILES string of the molecule is C/C(=N\Nc1ccc([N+](=O)[O-])cc1[N+](=O)[O-])c1ccc(-n2nncc2C23CC4CC(CC(C4)C2)C3)cc1. The summed E-state index contributed by atoms with van der Waals surface area (Å²) in [6.45, 7) is 1.79. The maximum Gasteiger partial charge on any atom is 0.301 e. The lowest BCUT2D eigenvalue weighted by Gasteiger charge is -2.56. The molecule has 3 aromatic rings. The smallest absolute Gasteiger partial charge is 0.271 e. The highest BCUT2D eigenvalue weighted by molar-refractivity contribution is 5.99. The van der Waals surface area contributed by atoms with Crippen molar-refractivity contribution in [1.82, 2.24) is 15.0 Å². The Morgan fingerprint density at radius 3 is 2.24 bits per heavy atom. The molecule has 4 aliphatic carbocycles. The van der Waals surface area contributed by atoms with Crippen molar-refractivity contribution < 1.29 is 9.85 Å². The van der Waals surface area contributed by atoms with Crippen LogP contribution in [0.25, 0.3) is 5.69 Å². The number of hydrogen-bond acceptors (Lipinski definition) is 8. The molecule has 7 rings (SSSR count). The summed E-state index contributed by atoms with van der Waals surface area (Å²) in [5, 5.41) is 35.4. The third-order valence-corrected chi connectivity index (χ3v) is 8.39. The van der Waals surface area contributed by atoms with Crippen LogP contribution in [0.4, 0.5) is 17.1 Å². The summed E-state index contributed by atoms with van der Waals surface area (Å²) in [6, 6.07) is 11.3. The predicted octanol–water partition coefficient (Wildman–Crippen LogP) is 5.39. The minimum atomic E-state index is -0.672. The molecular weight excluding hydrogens is 474 g/mol. The van der Waals surface area contributed by atoms with Crippen LogP contribution < -0.4 is 5.43 Å². The molecule has 1 N–H and O–H groups in total. The molecule has 190 valence electrons.